The van der Waals surface area contributed by atoms with Crippen molar-refractivity contribution in [2.45, 2.75) is 45.4 Å². The molecule has 0 unspecified atom stereocenters. The van der Waals surface area contributed by atoms with Crippen LogP contribution in [0, 0.1) is 13.8 Å². The Morgan fingerprint density at radius 3 is 2.27 bits per heavy atom. The second-order valence-corrected chi connectivity index (χ2v) is 8.77. The van der Waals surface area contributed by atoms with Crippen LogP contribution in [0.5, 0.6) is 0 Å². The molecule has 1 aliphatic heterocycles. The zero-order valence-corrected chi connectivity index (χ0v) is 19.5. The zero-order chi connectivity index (χ0) is 23.3. The summed E-state index contributed by atoms with van der Waals surface area (Å²) in [4.78, 5) is 14.9. The number of hydrogen-bond acceptors (Lipinski definition) is 3. The average molecular weight is 442 g/mol. The lowest BCUT2D eigenvalue weighted by atomic mass is 9.88. The molecule has 4 rings (SSSR count). The van der Waals surface area contributed by atoms with E-state index in [1.54, 1.807) is 4.90 Å². The molecule has 0 saturated carbocycles. The summed E-state index contributed by atoms with van der Waals surface area (Å²) in [6.45, 7) is 6.85. The monoisotopic (exact) mass is 441 g/mol. The molecule has 0 radical (unpaired) electrons. The van der Waals surface area contributed by atoms with Gasteiger partial charge in [-0.05, 0) is 43.9 Å². The fourth-order valence-corrected chi connectivity index (χ4v) is 4.44. The Bertz CT molecular complexity index is 1090. The summed E-state index contributed by atoms with van der Waals surface area (Å²) in [5.74, 6) is 0. The van der Waals surface area contributed by atoms with E-state index in [2.05, 4.69) is 51.1 Å². The Balaban J connectivity index is 1.55. The lowest BCUT2D eigenvalue weighted by molar-refractivity contribution is -0.0179. The highest BCUT2D eigenvalue weighted by atomic mass is 16.6. The molecule has 0 fully saturated rings. The van der Waals surface area contributed by atoms with Gasteiger partial charge in [-0.1, -0.05) is 96.1 Å². The lowest BCUT2D eigenvalue weighted by Gasteiger charge is -2.38. The van der Waals surface area contributed by atoms with Gasteiger partial charge in [0.25, 0.3) is 0 Å². The van der Waals surface area contributed by atoms with Crippen molar-refractivity contribution in [3.05, 3.63) is 119 Å². The quantitative estimate of drug-likeness (QED) is 0.403. The van der Waals surface area contributed by atoms with E-state index in [0.717, 1.165) is 16.7 Å². The van der Waals surface area contributed by atoms with Gasteiger partial charge in [0.2, 0.25) is 0 Å². The van der Waals surface area contributed by atoms with Crippen molar-refractivity contribution in [2.75, 3.05) is 6.61 Å². The molecule has 1 amide bonds. The molecule has 0 N–H and O–H groups in total. The minimum atomic E-state index is -0.651. The van der Waals surface area contributed by atoms with Gasteiger partial charge >= 0.3 is 6.09 Å². The van der Waals surface area contributed by atoms with Crippen LogP contribution in [0.15, 0.2) is 91.1 Å². The maximum absolute atomic E-state index is 13.2. The highest BCUT2D eigenvalue weighted by Gasteiger charge is 2.44. The fourth-order valence-electron chi connectivity index (χ4n) is 4.44. The second-order valence-electron chi connectivity index (χ2n) is 8.77. The maximum atomic E-state index is 13.2. The van der Waals surface area contributed by atoms with E-state index in [1.807, 2.05) is 60.8 Å². The van der Waals surface area contributed by atoms with Gasteiger partial charge in [-0.25, -0.2) is 4.79 Å². The van der Waals surface area contributed by atoms with Crippen LogP contribution in [0.3, 0.4) is 0 Å². The topological polar surface area (TPSA) is 38.8 Å². The predicted octanol–water partition coefficient (Wildman–Crippen LogP) is 6.83. The standard InChI is InChI=1S/C29H31NO3/c1-22-17-23(2)19-26(18-22)24(3)33-21-29(27-13-8-5-9-14-27)15-10-16-30(29)28(31)32-20-25-11-6-4-7-12-25/h4-14,16-19,24H,15,20-21H2,1-3H3/t24-,29-/m1/s1. The van der Waals surface area contributed by atoms with Crippen LogP contribution >= 0.6 is 0 Å². The van der Waals surface area contributed by atoms with Crippen LogP contribution < -0.4 is 0 Å². The zero-order valence-electron chi connectivity index (χ0n) is 19.5. The highest BCUT2D eigenvalue weighted by Crippen LogP contribution is 2.39. The molecule has 0 saturated heterocycles. The first kappa shape index (κ1) is 22.8. The molecule has 1 aliphatic rings. The van der Waals surface area contributed by atoms with Crippen molar-refractivity contribution >= 4 is 6.09 Å². The molecule has 2 atom stereocenters. The number of aryl methyl sites for hydroxylation is 2. The minimum absolute atomic E-state index is 0.105. The summed E-state index contributed by atoms with van der Waals surface area (Å²) in [6.07, 6.45) is 4.02. The van der Waals surface area contributed by atoms with Crippen molar-refractivity contribution in [1.29, 1.82) is 0 Å². The summed E-state index contributed by atoms with van der Waals surface area (Å²) in [5.41, 5.74) is 4.90. The number of nitrogens with zero attached hydrogens (tertiary/aromatic N) is 1. The van der Waals surface area contributed by atoms with Gasteiger partial charge in [-0.3, -0.25) is 4.90 Å². The summed E-state index contributed by atoms with van der Waals surface area (Å²) >= 11 is 0. The Kier molecular flexibility index (Phi) is 6.95. The van der Waals surface area contributed by atoms with Crippen LogP contribution in [0.2, 0.25) is 0 Å². The fraction of sp³-hybridized carbons (Fsp3) is 0.276. The number of carbonyl (C=O) groups excluding carboxylic acids is 1. The maximum Gasteiger partial charge on any atom is 0.415 e. The molecule has 4 nitrogen and oxygen atoms in total. The first-order valence-corrected chi connectivity index (χ1v) is 11.4. The molecule has 3 aromatic rings. The third kappa shape index (κ3) is 5.18. The third-order valence-electron chi connectivity index (χ3n) is 6.17. The van der Waals surface area contributed by atoms with E-state index in [-0.39, 0.29) is 18.8 Å². The van der Waals surface area contributed by atoms with Gasteiger partial charge in [-0.15, -0.1) is 0 Å². The van der Waals surface area contributed by atoms with E-state index in [4.69, 9.17) is 9.47 Å². The number of amides is 1. The third-order valence-corrected chi connectivity index (χ3v) is 6.17. The molecule has 3 aromatic carbocycles. The van der Waals surface area contributed by atoms with Crippen LogP contribution in [-0.2, 0) is 21.6 Å². The predicted molar refractivity (Wildman–Crippen MR) is 131 cm³/mol. The smallest absolute Gasteiger partial charge is 0.415 e. The highest BCUT2D eigenvalue weighted by molar-refractivity contribution is 5.71. The first-order chi connectivity index (χ1) is 16.0. The van der Waals surface area contributed by atoms with Gasteiger partial charge in [0.1, 0.15) is 12.1 Å². The molecular weight excluding hydrogens is 410 g/mol. The first-order valence-electron chi connectivity index (χ1n) is 11.4. The van der Waals surface area contributed by atoms with Gasteiger partial charge in [-0.2, -0.15) is 0 Å². The van der Waals surface area contributed by atoms with Crippen molar-refractivity contribution < 1.29 is 14.3 Å². The van der Waals surface area contributed by atoms with Crippen molar-refractivity contribution in [3.63, 3.8) is 0 Å². The Hall–Kier alpha value is -3.37. The van der Waals surface area contributed by atoms with E-state index in [1.165, 1.54) is 11.1 Å². The van der Waals surface area contributed by atoms with E-state index >= 15 is 0 Å². The van der Waals surface area contributed by atoms with Crippen LogP contribution in [-0.4, -0.2) is 17.6 Å². The molecule has 170 valence electrons. The van der Waals surface area contributed by atoms with Crippen molar-refractivity contribution in [2.24, 2.45) is 0 Å². The second kappa shape index (κ2) is 10.1. The molecule has 33 heavy (non-hydrogen) atoms. The average Bonchev–Trinajstić information content (AvgIpc) is 3.27. The number of hydrogen-bond donors (Lipinski definition) is 0. The number of carbonyl (C=O) groups is 1. The van der Waals surface area contributed by atoms with Gasteiger partial charge in [0.05, 0.1) is 12.7 Å². The Morgan fingerprint density at radius 1 is 0.970 bits per heavy atom. The Labute approximate surface area is 196 Å². The number of ether oxygens (including phenoxy) is 2. The SMILES string of the molecule is Cc1cc(C)cc([C@@H](C)OC[C@@]2(c3ccccc3)CC=CN2C(=O)OCc2ccccc2)c1. The normalized spacial score (nSPS) is 18.3. The van der Waals surface area contributed by atoms with Crippen molar-refractivity contribution in [3.8, 4) is 0 Å². The van der Waals surface area contributed by atoms with Gasteiger partial charge in [0.15, 0.2) is 0 Å². The summed E-state index contributed by atoms with van der Waals surface area (Å²) in [6, 6.07) is 26.3. The van der Waals surface area contributed by atoms with Gasteiger partial charge < -0.3 is 9.47 Å². The summed E-state index contributed by atoms with van der Waals surface area (Å²) in [5, 5.41) is 0. The summed E-state index contributed by atoms with van der Waals surface area (Å²) in [7, 11) is 0. The molecule has 1 heterocycles. The number of benzene rings is 3. The Morgan fingerprint density at radius 2 is 1.61 bits per heavy atom. The van der Waals surface area contributed by atoms with E-state index in [9.17, 15) is 4.79 Å². The van der Waals surface area contributed by atoms with E-state index in [0.29, 0.717) is 13.0 Å². The molecule has 0 aromatic heterocycles. The molecule has 4 heteroatoms. The van der Waals surface area contributed by atoms with Crippen molar-refractivity contribution in [1.82, 2.24) is 4.90 Å². The molecular formula is C29H31NO3. The van der Waals surface area contributed by atoms with Crippen LogP contribution in [0.4, 0.5) is 4.79 Å². The molecule has 0 bridgehead atoms. The van der Waals surface area contributed by atoms with Crippen LogP contribution in [0.1, 0.15) is 47.3 Å². The number of rotatable bonds is 7. The molecule has 0 aliphatic carbocycles. The summed E-state index contributed by atoms with van der Waals surface area (Å²) < 4.78 is 12.1. The van der Waals surface area contributed by atoms with Crippen LogP contribution in [0.25, 0.3) is 0 Å². The van der Waals surface area contributed by atoms with Gasteiger partial charge in [0, 0.05) is 6.20 Å². The van der Waals surface area contributed by atoms with E-state index < -0.39 is 5.54 Å². The minimum Gasteiger partial charge on any atom is -0.444 e. The lowest BCUT2D eigenvalue weighted by Crippen LogP contribution is -2.47. The molecule has 0 spiro atoms. The largest absolute Gasteiger partial charge is 0.444 e.